The van der Waals surface area contributed by atoms with E-state index in [0.717, 1.165) is 23.5 Å². The van der Waals surface area contributed by atoms with E-state index in [4.69, 9.17) is 0 Å². The Labute approximate surface area is 121 Å². The van der Waals surface area contributed by atoms with Crippen molar-refractivity contribution in [2.45, 2.75) is 12.8 Å². The fourth-order valence-electron chi connectivity index (χ4n) is 1.57. The third-order valence-corrected chi connectivity index (χ3v) is 3.50. The van der Waals surface area contributed by atoms with Crippen molar-refractivity contribution in [1.29, 1.82) is 0 Å². The molecule has 0 aromatic carbocycles. The lowest BCUT2D eigenvalue weighted by molar-refractivity contribution is -0.115. The quantitative estimate of drug-likeness (QED) is 0.866. The Kier molecular flexibility index (Phi) is 5.14. The summed E-state index contributed by atoms with van der Waals surface area (Å²) in [6, 6.07) is 3.64. The van der Waals surface area contributed by atoms with Gasteiger partial charge < -0.3 is 10.2 Å². The predicted molar refractivity (Wildman–Crippen MR) is 78.7 cm³/mol. The van der Waals surface area contributed by atoms with E-state index in [1.807, 2.05) is 26.2 Å². The van der Waals surface area contributed by atoms with Crippen LogP contribution in [0, 0.1) is 0 Å². The van der Waals surface area contributed by atoms with Crippen LogP contribution in [-0.4, -0.2) is 46.6 Å². The van der Waals surface area contributed by atoms with E-state index in [-0.39, 0.29) is 5.91 Å². The zero-order valence-electron chi connectivity index (χ0n) is 11.5. The predicted octanol–water partition coefficient (Wildman–Crippen LogP) is 1.22. The summed E-state index contributed by atoms with van der Waals surface area (Å²) in [5.74, 6) is -0.0912. The summed E-state index contributed by atoms with van der Waals surface area (Å²) in [5.41, 5.74) is 0.926. The molecule has 2 aromatic heterocycles. The van der Waals surface area contributed by atoms with Crippen LogP contribution >= 0.6 is 11.3 Å². The zero-order chi connectivity index (χ0) is 14.4. The maximum Gasteiger partial charge on any atom is 0.230 e. The molecule has 2 aromatic rings. The second kappa shape index (κ2) is 7.06. The number of pyridine rings is 1. The molecule has 0 saturated carbocycles. The van der Waals surface area contributed by atoms with Crippen LogP contribution in [0.2, 0.25) is 0 Å². The maximum atomic E-state index is 11.9. The number of amides is 1. The molecule has 0 unspecified atom stereocenters. The van der Waals surface area contributed by atoms with Gasteiger partial charge in [-0.25, -0.2) is 0 Å². The number of carbonyl (C=O) groups is 1. The van der Waals surface area contributed by atoms with Crippen molar-refractivity contribution >= 4 is 22.4 Å². The minimum absolute atomic E-state index is 0.0912. The van der Waals surface area contributed by atoms with Crippen molar-refractivity contribution in [3.05, 3.63) is 35.1 Å². The van der Waals surface area contributed by atoms with Crippen LogP contribution in [0.25, 0.3) is 0 Å². The summed E-state index contributed by atoms with van der Waals surface area (Å²) in [5, 5.41) is 12.3. The Morgan fingerprint density at radius 2 is 2.05 bits per heavy atom. The molecule has 2 heterocycles. The second-order valence-electron chi connectivity index (χ2n) is 4.63. The molecule has 0 saturated heterocycles. The van der Waals surface area contributed by atoms with Crippen molar-refractivity contribution in [3.63, 3.8) is 0 Å². The van der Waals surface area contributed by atoms with E-state index in [1.165, 1.54) is 11.3 Å². The summed E-state index contributed by atoms with van der Waals surface area (Å²) in [6.07, 6.45) is 4.50. The Morgan fingerprint density at radius 1 is 1.30 bits per heavy atom. The molecule has 20 heavy (non-hydrogen) atoms. The molecule has 7 heteroatoms. The Hall–Kier alpha value is -1.86. The van der Waals surface area contributed by atoms with Gasteiger partial charge in [0.2, 0.25) is 11.0 Å². The SMILES string of the molecule is CN(C)CCc1nnc(NC(=O)Cc2ccncc2)s1. The van der Waals surface area contributed by atoms with E-state index in [0.29, 0.717) is 11.6 Å². The van der Waals surface area contributed by atoms with E-state index in [1.54, 1.807) is 12.4 Å². The van der Waals surface area contributed by atoms with Gasteiger partial charge in [-0.1, -0.05) is 11.3 Å². The minimum atomic E-state index is -0.0912. The van der Waals surface area contributed by atoms with Crippen LogP contribution in [0.1, 0.15) is 10.6 Å². The molecule has 2 rings (SSSR count). The van der Waals surface area contributed by atoms with Gasteiger partial charge in [0, 0.05) is 25.4 Å². The number of carbonyl (C=O) groups excluding carboxylic acids is 1. The topological polar surface area (TPSA) is 71.0 Å². The van der Waals surface area contributed by atoms with Crippen LogP contribution in [0.4, 0.5) is 5.13 Å². The largest absolute Gasteiger partial charge is 0.309 e. The third kappa shape index (κ3) is 4.67. The number of aromatic nitrogens is 3. The number of nitrogens with zero attached hydrogens (tertiary/aromatic N) is 4. The number of rotatable bonds is 6. The lowest BCUT2D eigenvalue weighted by Crippen LogP contribution is -2.14. The monoisotopic (exact) mass is 291 g/mol. The van der Waals surface area contributed by atoms with E-state index in [9.17, 15) is 4.79 Å². The second-order valence-corrected chi connectivity index (χ2v) is 5.70. The van der Waals surface area contributed by atoms with Crippen molar-refractivity contribution in [2.75, 3.05) is 26.0 Å². The van der Waals surface area contributed by atoms with Crippen molar-refractivity contribution < 1.29 is 4.79 Å². The normalized spacial score (nSPS) is 10.8. The number of hydrogen-bond donors (Lipinski definition) is 1. The van der Waals surface area contributed by atoms with Crippen molar-refractivity contribution in [3.8, 4) is 0 Å². The molecule has 1 amide bonds. The summed E-state index contributed by atoms with van der Waals surface area (Å²) in [7, 11) is 4.02. The van der Waals surface area contributed by atoms with Gasteiger partial charge in [0.05, 0.1) is 6.42 Å². The van der Waals surface area contributed by atoms with Gasteiger partial charge in [-0.3, -0.25) is 9.78 Å². The third-order valence-electron chi connectivity index (χ3n) is 2.60. The zero-order valence-corrected chi connectivity index (χ0v) is 12.4. The number of nitrogens with one attached hydrogen (secondary N) is 1. The van der Waals surface area contributed by atoms with Gasteiger partial charge in [0.1, 0.15) is 5.01 Å². The molecule has 0 fully saturated rings. The molecular weight excluding hydrogens is 274 g/mol. The highest BCUT2D eigenvalue weighted by Crippen LogP contribution is 2.16. The van der Waals surface area contributed by atoms with Gasteiger partial charge in [0.15, 0.2) is 0 Å². The Morgan fingerprint density at radius 3 is 2.75 bits per heavy atom. The van der Waals surface area contributed by atoms with Crippen molar-refractivity contribution in [1.82, 2.24) is 20.1 Å². The Balaban J connectivity index is 1.85. The molecule has 0 bridgehead atoms. The fraction of sp³-hybridized carbons (Fsp3) is 0.385. The lowest BCUT2D eigenvalue weighted by atomic mass is 10.2. The number of anilines is 1. The first-order valence-electron chi connectivity index (χ1n) is 6.29. The number of hydrogen-bond acceptors (Lipinski definition) is 6. The van der Waals surface area contributed by atoms with Gasteiger partial charge in [-0.05, 0) is 31.8 Å². The standard InChI is InChI=1S/C13H17N5OS/c1-18(2)8-5-12-16-17-13(20-12)15-11(19)9-10-3-6-14-7-4-10/h3-4,6-7H,5,8-9H2,1-2H3,(H,15,17,19). The highest BCUT2D eigenvalue weighted by Gasteiger charge is 2.09. The highest BCUT2D eigenvalue weighted by atomic mass is 32.1. The van der Waals surface area contributed by atoms with Crippen LogP contribution in [0.3, 0.4) is 0 Å². The van der Waals surface area contributed by atoms with Gasteiger partial charge in [0.25, 0.3) is 0 Å². The molecule has 0 atom stereocenters. The van der Waals surface area contributed by atoms with E-state index >= 15 is 0 Å². The smallest absolute Gasteiger partial charge is 0.230 e. The van der Waals surface area contributed by atoms with Crippen LogP contribution in [0.5, 0.6) is 0 Å². The maximum absolute atomic E-state index is 11.9. The Bertz CT molecular complexity index is 555. The first-order valence-corrected chi connectivity index (χ1v) is 7.11. The average Bonchev–Trinajstić information content (AvgIpc) is 2.85. The summed E-state index contributed by atoms with van der Waals surface area (Å²) in [6.45, 7) is 0.916. The number of likely N-dealkylation sites (N-methyl/N-ethyl adjacent to an activating group) is 1. The van der Waals surface area contributed by atoms with Crippen LogP contribution < -0.4 is 5.32 Å². The minimum Gasteiger partial charge on any atom is -0.309 e. The fourth-order valence-corrected chi connectivity index (χ4v) is 2.32. The van der Waals surface area contributed by atoms with Gasteiger partial charge in [-0.15, -0.1) is 10.2 Å². The average molecular weight is 291 g/mol. The van der Waals surface area contributed by atoms with Crippen LogP contribution in [-0.2, 0) is 17.6 Å². The molecule has 0 radical (unpaired) electrons. The first-order chi connectivity index (χ1) is 9.63. The molecule has 0 aliphatic heterocycles. The molecule has 6 nitrogen and oxygen atoms in total. The molecule has 0 spiro atoms. The first kappa shape index (κ1) is 14.5. The van der Waals surface area contributed by atoms with E-state index < -0.39 is 0 Å². The molecule has 0 aliphatic carbocycles. The van der Waals surface area contributed by atoms with Crippen LogP contribution in [0.15, 0.2) is 24.5 Å². The molecular formula is C13H17N5OS. The highest BCUT2D eigenvalue weighted by molar-refractivity contribution is 7.15. The van der Waals surface area contributed by atoms with Crippen molar-refractivity contribution in [2.24, 2.45) is 0 Å². The van der Waals surface area contributed by atoms with E-state index in [2.05, 4.69) is 25.4 Å². The molecule has 1 N–H and O–H groups in total. The molecule has 106 valence electrons. The van der Waals surface area contributed by atoms with Gasteiger partial charge in [-0.2, -0.15) is 0 Å². The van der Waals surface area contributed by atoms with Gasteiger partial charge >= 0.3 is 0 Å². The molecule has 0 aliphatic rings. The lowest BCUT2D eigenvalue weighted by Gasteiger charge is -2.05. The summed E-state index contributed by atoms with van der Waals surface area (Å²) < 4.78 is 0. The summed E-state index contributed by atoms with van der Waals surface area (Å²) >= 11 is 1.42. The summed E-state index contributed by atoms with van der Waals surface area (Å²) in [4.78, 5) is 17.9.